The average molecular weight is 188 g/mol. The van der Waals surface area contributed by atoms with E-state index in [0.29, 0.717) is 11.7 Å². The molecule has 14 heavy (non-hydrogen) atoms. The molecular weight excluding hydrogens is 180 g/mol. The highest BCUT2D eigenvalue weighted by molar-refractivity contribution is 5.95. The van der Waals surface area contributed by atoms with Crippen LogP contribution in [0, 0.1) is 0 Å². The van der Waals surface area contributed by atoms with Gasteiger partial charge in [0.25, 0.3) is 0 Å². The van der Waals surface area contributed by atoms with Crippen LogP contribution in [-0.4, -0.2) is 16.5 Å². The molecule has 0 aliphatic heterocycles. The van der Waals surface area contributed by atoms with Crippen molar-refractivity contribution >= 4 is 17.1 Å². The number of phenols is 2. The Hall–Kier alpha value is -2.03. The molecule has 0 spiro atoms. The predicted molar refractivity (Wildman–Crippen MR) is 52.7 cm³/mol. The molecule has 0 saturated heterocycles. The molecule has 0 saturated carbocycles. The van der Waals surface area contributed by atoms with E-state index in [9.17, 15) is 15.0 Å². The average Bonchev–Trinajstić information content (AvgIpc) is 2.19. The van der Waals surface area contributed by atoms with Gasteiger partial charge in [0.2, 0.25) is 0 Å². The summed E-state index contributed by atoms with van der Waals surface area (Å²) in [5.41, 5.74) is 0.225. The highest BCUT2D eigenvalue weighted by atomic mass is 16.3. The molecule has 2 N–H and O–H groups in total. The molecule has 0 aliphatic rings. The molecule has 0 aromatic heterocycles. The van der Waals surface area contributed by atoms with Crippen molar-refractivity contribution in [1.82, 2.24) is 0 Å². The summed E-state index contributed by atoms with van der Waals surface area (Å²) in [7, 11) is 0. The molecule has 0 atom stereocenters. The van der Waals surface area contributed by atoms with Gasteiger partial charge < -0.3 is 10.2 Å². The lowest BCUT2D eigenvalue weighted by molar-refractivity contribution is 0.112. The number of hydrogen-bond acceptors (Lipinski definition) is 3. The van der Waals surface area contributed by atoms with Crippen molar-refractivity contribution in [3.63, 3.8) is 0 Å². The summed E-state index contributed by atoms with van der Waals surface area (Å²) in [6.07, 6.45) is 0.582. The van der Waals surface area contributed by atoms with Crippen LogP contribution in [0.5, 0.6) is 11.5 Å². The molecule has 0 radical (unpaired) electrons. The smallest absolute Gasteiger partial charge is 0.153 e. The van der Waals surface area contributed by atoms with Crippen LogP contribution in [0.1, 0.15) is 10.4 Å². The molecule has 0 fully saturated rings. The third kappa shape index (κ3) is 1.19. The quantitative estimate of drug-likeness (QED) is 0.673. The molecule has 70 valence electrons. The molecule has 0 bridgehead atoms. The van der Waals surface area contributed by atoms with Crippen LogP contribution >= 0.6 is 0 Å². The highest BCUT2D eigenvalue weighted by Gasteiger charge is 2.05. The summed E-state index contributed by atoms with van der Waals surface area (Å²) >= 11 is 0. The van der Waals surface area contributed by atoms with Crippen LogP contribution in [0.15, 0.2) is 30.3 Å². The maximum atomic E-state index is 10.5. The second-order valence-corrected chi connectivity index (χ2v) is 3.03. The Morgan fingerprint density at radius 3 is 2.57 bits per heavy atom. The lowest BCUT2D eigenvalue weighted by Crippen LogP contribution is -1.82. The van der Waals surface area contributed by atoms with Gasteiger partial charge in [-0.25, -0.2) is 0 Å². The number of carbonyl (C=O) groups is 1. The van der Waals surface area contributed by atoms with Crippen molar-refractivity contribution in [2.24, 2.45) is 0 Å². The number of rotatable bonds is 1. The third-order valence-electron chi connectivity index (χ3n) is 2.13. The van der Waals surface area contributed by atoms with Crippen molar-refractivity contribution in [2.45, 2.75) is 0 Å². The first kappa shape index (κ1) is 8.56. The molecule has 0 aliphatic carbocycles. The van der Waals surface area contributed by atoms with E-state index in [-0.39, 0.29) is 17.1 Å². The third-order valence-corrected chi connectivity index (χ3v) is 2.13. The van der Waals surface area contributed by atoms with Gasteiger partial charge in [0.1, 0.15) is 11.5 Å². The fourth-order valence-electron chi connectivity index (χ4n) is 1.41. The first-order valence-electron chi connectivity index (χ1n) is 4.12. The van der Waals surface area contributed by atoms with E-state index in [4.69, 9.17) is 0 Å². The Morgan fingerprint density at radius 1 is 1.07 bits per heavy atom. The van der Waals surface area contributed by atoms with Crippen molar-refractivity contribution in [3.8, 4) is 11.5 Å². The zero-order valence-corrected chi connectivity index (χ0v) is 7.27. The van der Waals surface area contributed by atoms with Crippen LogP contribution in [0.2, 0.25) is 0 Å². The Morgan fingerprint density at radius 2 is 1.86 bits per heavy atom. The number of aromatic hydroxyl groups is 2. The van der Waals surface area contributed by atoms with Crippen LogP contribution in [0.4, 0.5) is 0 Å². The second-order valence-electron chi connectivity index (χ2n) is 3.03. The fourth-order valence-corrected chi connectivity index (χ4v) is 1.41. The fraction of sp³-hybridized carbons (Fsp3) is 0. The first-order valence-corrected chi connectivity index (χ1v) is 4.12. The van der Waals surface area contributed by atoms with E-state index in [2.05, 4.69) is 0 Å². The minimum absolute atomic E-state index is 0.0928. The van der Waals surface area contributed by atoms with E-state index in [1.165, 1.54) is 18.2 Å². The summed E-state index contributed by atoms with van der Waals surface area (Å²) in [6.45, 7) is 0. The SMILES string of the molecule is O=Cc1cc2cccc(O)c2cc1O. The van der Waals surface area contributed by atoms with Gasteiger partial charge in [0, 0.05) is 5.39 Å². The van der Waals surface area contributed by atoms with E-state index >= 15 is 0 Å². The maximum Gasteiger partial charge on any atom is 0.153 e. The van der Waals surface area contributed by atoms with Gasteiger partial charge in [0.05, 0.1) is 5.56 Å². The monoisotopic (exact) mass is 188 g/mol. The summed E-state index contributed by atoms with van der Waals surface area (Å²) in [6, 6.07) is 7.90. The Labute approximate surface area is 80.2 Å². The molecule has 2 aromatic carbocycles. The van der Waals surface area contributed by atoms with E-state index in [0.717, 1.165) is 5.39 Å². The number of aldehydes is 1. The van der Waals surface area contributed by atoms with Gasteiger partial charge in [-0.1, -0.05) is 12.1 Å². The highest BCUT2D eigenvalue weighted by Crippen LogP contribution is 2.29. The minimum Gasteiger partial charge on any atom is -0.507 e. The second kappa shape index (κ2) is 3.03. The number of fused-ring (bicyclic) bond motifs is 1. The maximum absolute atomic E-state index is 10.5. The normalized spacial score (nSPS) is 10.3. The standard InChI is InChI=1S/C11H8O3/c12-6-8-4-7-2-1-3-10(13)9(7)5-11(8)14/h1-6,13-14H. The molecule has 3 nitrogen and oxygen atoms in total. The Kier molecular flexibility index (Phi) is 1.85. The van der Waals surface area contributed by atoms with E-state index < -0.39 is 0 Å². The number of benzene rings is 2. The number of hydrogen-bond donors (Lipinski definition) is 2. The summed E-state index contributed by atoms with van der Waals surface area (Å²) < 4.78 is 0. The first-order chi connectivity index (χ1) is 6.72. The molecule has 3 heteroatoms. The van der Waals surface area contributed by atoms with Gasteiger partial charge in [-0.2, -0.15) is 0 Å². The van der Waals surface area contributed by atoms with Gasteiger partial charge in [-0.05, 0) is 23.6 Å². The Bertz CT molecular complexity index is 503. The van der Waals surface area contributed by atoms with Crippen LogP contribution in [0.3, 0.4) is 0 Å². The summed E-state index contributed by atoms with van der Waals surface area (Å²) in [5, 5.41) is 20.1. The zero-order chi connectivity index (χ0) is 10.1. The number of phenolic OH excluding ortho intramolecular Hbond substituents is 2. The summed E-state index contributed by atoms with van der Waals surface area (Å²) in [5.74, 6) is -0.0238. The van der Waals surface area contributed by atoms with Crippen molar-refractivity contribution in [2.75, 3.05) is 0 Å². The molecule has 2 aromatic rings. The van der Waals surface area contributed by atoms with Crippen LogP contribution in [0.25, 0.3) is 10.8 Å². The van der Waals surface area contributed by atoms with E-state index in [1.807, 2.05) is 0 Å². The van der Waals surface area contributed by atoms with Gasteiger partial charge in [0.15, 0.2) is 6.29 Å². The minimum atomic E-state index is -0.117. The lowest BCUT2D eigenvalue weighted by Gasteiger charge is -2.03. The predicted octanol–water partition coefficient (Wildman–Crippen LogP) is 2.06. The van der Waals surface area contributed by atoms with Crippen LogP contribution in [-0.2, 0) is 0 Å². The molecular formula is C11H8O3. The lowest BCUT2D eigenvalue weighted by atomic mass is 10.1. The van der Waals surface area contributed by atoms with Crippen molar-refractivity contribution in [1.29, 1.82) is 0 Å². The van der Waals surface area contributed by atoms with Crippen molar-refractivity contribution < 1.29 is 15.0 Å². The zero-order valence-electron chi connectivity index (χ0n) is 7.27. The van der Waals surface area contributed by atoms with Gasteiger partial charge in [-0.15, -0.1) is 0 Å². The largest absolute Gasteiger partial charge is 0.507 e. The molecule has 0 unspecified atom stereocenters. The van der Waals surface area contributed by atoms with E-state index in [1.54, 1.807) is 12.1 Å². The number of carbonyl (C=O) groups excluding carboxylic acids is 1. The topological polar surface area (TPSA) is 57.5 Å². The van der Waals surface area contributed by atoms with Crippen LogP contribution < -0.4 is 0 Å². The van der Waals surface area contributed by atoms with Crippen molar-refractivity contribution in [3.05, 3.63) is 35.9 Å². The summed E-state index contributed by atoms with van der Waals surface area (Å²) in [4.78, 5) is 10.5. The Balaban J connectivity index is 2.85. The van der Waals surface area contributed by atoms with Gasteiger partial charge in [-0.3, -0.25) is 4.79 Å². The molecule has 0 amide bonds. The van der Waals surface area contributed by atoms with Gasteiger partial charge >= 0.3 is 0 Å². The molecule has 2 rings (SSSR count). The molecule has 0 heterocycles.